The van der Waals surface area contributed by atoms with Gasteiger partial charge in [0.05, 0.1) is 24.0 Å². The number of pyridine rings is 1. The molecule has 2 aromatic heterocycles. The lowest BCUT2D eigenvalue weighted by Crippen LogP contribution is -2.01. The summed E-state index contributed by atoms with van der Waals surface area (Å²) >= 11 is 3.46. The first kappa shape index (κ1) is 11.4. The first-order valence-corrected chi connectivity index (χ1v) is 6.90. The van der Waals surface area contributed by atoms with Crippen LogP contribution in [0.4, 0.5) is 0 Å². The molecule has 18 heavy (non-hydrogen) atoms. The highest BCUT2D eigenvalue weighted by atomic mass is 79.9. The smallest absolute Gasteiger partial charge is 0.0720 e. The predicted molar refractivity (Wildman–Crippen MR) is 75.7 cm³/mol. The largest absolute Gasteiger partial charge is 0.260 e. The second-order valence-electron chi connectivity index (χ2n) is 4.11. The van der Waals surface area contributed by atoms with Crippen molar-refractivity contribution in [2.75, 3.05) is 0 Å². The summed E-state index contributed by atoms with van der Waals surface area (Å²) in [5.41, 5.74) is 3.41. The summed E-state index contributed by atoms with van der Waals surface area (Å²) in [5.74, 6) is 0. The van der Waals surface area contributed by atoms with E-state index in [0.29, 0.717) is 0 Å². The third-order valence-electron chi connectivity index (χ3n) is 2.96. The van der Waals surface area contributed by atoms with Gasteiger partial charge in [-0.05, 0) is 11.6 Å². The topological polar surface area (TPSA) is 30.7 Å². The molecule has 0 amide bonds. The van der Waals surface area contributed by atoms with E-state index in [2.05, 4.69) is 38.1 Å². The second-order valence-corrected chi connectivity index (χ2v) is 4.67. The fourth-order valence-electron chi connectivity index (χ4n) is 2.05. The van der Waals surface area contributed by atoms with Gasteiger partial charge in [-0.3, -0.25) is 9.67 Å². The van der Waals surface area contributed by atoms with E-state index in [1.165, 1.54) is 5.56 Å². The Balaban J connectivity index is 2.03. The quantitative estimate of drug-likeness (QED) is 0.694. The molecular weight excluding hydrogens is 290 g/mol. The van der Waals surface area contributed by atoms with Crippen molar-refractivity contribution in [1.29, 1.82) is 0 Å². The fraction of sp³-hybridized carbons (Fsp3) is 0.143. The Morgan fingerprint density at radius 2 is 1.94 bits per heavy atom. The molecule has 3 aromatic rings. The lowest BCUT2D eigenvalue weighted by molar-refractivity contribution is 0.712. The maximum atomic E-state index is 4.46. The molecule has 0 aliphatic heterocycles. The number of alkyl halides is 1. The molecule has 0 aliphatic carbocycles. The molecule has 2 heterocycles. The SMILES string of the molecule is BrCc1nccc2c1cnn2Cc1ccccc1. The summed E-state index contributed by atoms with van der Waals surface area (Å²) in [6.07, 6.45) is 3.73. The minimum absolute atomic E-state index is 0.751. The molecule has 0 spiro atoms. The Morgan fingerprint density at radius 3 is 2.72 bits per heavy atom. The van der Waals surface area contributed by atoms with Crippen LogP contribution in [0.15, 0.2) is 48.8 Å². The van der Waals surface area contributed by atoms with Gasteiger partial charge in [0.2, 0.25) is 0 Å². The van der Waals surface area contributed by atoms with Crippen molar-refractivity contribution < 1.29 is 0 Å². The minimum Gasteiger partial charge on any atom is -0.260 e. The van der Waals surface area contributed by atoms with E-state index in [1.54, 1.807) is 0 Å². The molecule has 0 fully saturated rings. The summed E-state index contributed by atoms with van der Waals surface area (Å²) in [6, 6.07) is 12.4. The number of hydrogen-bond acceptors (Lipinski definition) is 2. The monoisotopic (exact) mass is 301 g/mol. The summed E-state index contributed by atoms with van der Waals surface area (Å²) in [7, 11) is 0. The maximum Gasteiger partial charge on any atom is 0.0720 e. The lowest BCUT2D eigenvalue weighted by atomic mass is 10.2. The van der Waals surface area contributed by atoms with Gasteiger partial charge in [0, 0.05) is 16.9 Å². The number of fused-ring (bicyclic) bond motifs is 1. The Labute approximate surface area is 114 Å². The highest BCUT2D eigenvalue weighted by Crippen LogP contribution is 2.19. The van der Waals surface area contributed by atoms with Crippen LogP contribution in [-0.2, 0) is 11.9 Å². The Hall–Kier alpha value is -1.68. The van der Waals surface area contributed by atoms with Crippen LogP contribution in [0.1, 0.15) is 11.3 Å². The molecule has 3 nitrogen and oxygen atoms in total. The van der Waals surface area contributed by atoms with E-state index in [9.17, 15) is 0 Å². The zero-order chi connectivity index (χ0) is 12.4. The van der Waals surface area contributed by atoms with Gasteiger partial charge >= 0.3 is 0 Å². The molecule has 3 rings (SSSR count). The van der Waals surface area contributed by atoms with Gasteiger partial charge in [-0.1, -0.05) is 46.3 Å². The van der Waals surface area contributed by atoms with Gasteiger partial charge in [-0.15, -0.1) is 0 Å². The van der Waals surface area contributed by atoms with Crippen molar-refractivity contribution in [3.63, 3.8) is 0 Å². The lowest BCUT2D eigenvalue weighted by Gasteiger charge is -2.04. The van der Waals surface area contributed by atoms with Crippen LogP contribution >= 0.6 is 15.9 Å². The maximum absolute atomic E-state index is 4.46. The third kappa shape index (κ3) is 2.04. The van der Waals surface area contributed by atoms with E-state index >= 15 is 0 Å². The van der Waals surface area contributed by atoms with Crippen molar-refractivity contribution in [3.8, 4) is 0 Å². The van der Waals surface area contributed by atoms with Gasteiger partial charge < -0.3 is 0 Å². The number of rotatable bonds is 3. The molecule has 0 saturated heterocycles. The molecule has 0 aliphatic rings. The van der Waals surface area contributed by atoms with E-state index in [-0.39, 0.29) is 0 Å². The Kier molecular flexibility index (Phi) is 3.11. The number of benzene rings is 1. The molecule has 0 bridgehead atoms. The summed E-state index contributed by atoms with van der Waals surface area (Å²) in [4.78, 5) is 4.35. The number of nitrogens with zero attached hydrogens (tertiary/aromatic N) is 3. The molecule has 0 radical (unpaired) electrons. The molecule has 0 unspecified atom stereocenters. The number of hydrogen-bond donors (Lipinski definition) is 0. The first-order chi connectivity index (χ1) is 8.88. The zero-order valence-corrected chi connectivity index (χ0v) is 11.3. The highest BCUT2D eigenvalue weighted by molar-refractivity contribution is 9.08. The van der Waals surface area contributed by atoms with Crippen LogP contribution < -0.4 is 0 Å². The van der Waals surface area contributed by atoms with Crippen molar-refractivity contribution >= 4 is 26.8 Å². The third-order valence-corrected chi connectivity index (χ3v) is 3.49. The minimum atomic E-state index is 0.751. The predicted octanol–water partition coefficient (Wildman–Crippen LogP) is 3.37. The van der Waals surface area contributed by atoms with E-state index in [1.807, 2.05) is 41.3 Å². The van der Waals surface area contributed by atoms with E-state index in [0.717, 1.165) is 28.5 Å². The van der Waals surface area contributed by atoms with E-state index < -0.39 is 0 Å². The van der Waals surface area contributed by atoms with Crippen molar-refractivity contribution in [2.45, 2.75) is 11.9 Å². The molecular formula is C14H12BrN3. The summed E-state index contributed by atoms with van der Waals surface area (Å²) in [5, 5.41) is 6.32. The first-order valence-electron chi connectivity index (χ1n) is 5.78. The molecule has 1 aromatic carbocycles. The van der Waals surface area contributed by atoms with E-state index in [4.69, 9.17) is 0 Å². The second kappa shape index (κ2) is 4.90. The fourth-order valence-corrected chi connectivity index (χ4v) is 2.50. The van der Waals surface area contributed by atoms with Gasteiger partial charge in [-0.25, -0.2) is 0 Å². The molecule has 4 heteroatoms. The average molecular weight is 302 g/mol. The van der Waals surface area contributed by atoms with Crippen LogP contribution in [0.3, 0.4) is 0 Å². The zero-order valence-electron chi connectivity index (χ0n) is 9.75. The molecule has 0 N–H and O–H groups in total. The highest BCUT2D eigenvalue weighted by Gasteiger charge is 2.07. The standard InChI is InChI=1S/C14H12BrN3/c15-8-13-12-9-17-18(14(12)6-7-16-13)10-11-4-2-1-3-5-11/h1-7,9H,8,10H2. The van der Waals surface area contributed by atoms with Gasteiger partial charge in [0.25, 0.3) is 0 Å². The summed E-state index contributed by atoms with van der Waals surface area (Å²) in [6.45, 7) is 0.788. The van der Waals surface area contributed by atoms with Crippen molar-refractivity contribution in [3.05, 3.63) is 60.0 Å². The van der Waals surface area contributed by atoms with Gasteiger partial charge in [-0.2, -0.15) is 5.10 Å². The van der Waals surface area contributed by atoms with Crippen molar-refractivity contribution in [1.82, 2.24) is 14.8 Å². The average Bonchev–Trinajstić information content (AvgIpc) is 2.83. The van der Waals surface area contributed by atoms with Crippen molar-refractivity contribution in [2.24, 2.45) is 0 Å². The Bertz CT molecular complexity index is 661. The van der Waals surface area contributed by atoms with Crippen LogP contribution in [0.25, 0.3) is 10.9 Å². The van der Waals surface area contributed by atoms with Crippen LogP contribution in [-0.4, -0.2) is 14.8 Å². The number of halogens is 1. The molecule has 0 atom stereocenters. The molecule has 90 valence electrons. The van der Waals surface area contributed by atoms with Crippen LogP contribution in [0.2, 0.25) is 0 Å². The van der Waals surface area contributed by atoms with Gasteiger partial charge in [0.1, 0.15) is 0 Å². The normalized spacial score (nSPS) is 10.9. The van der Waals surface area contributed by atoms with Crippen LogP contribution in [0, 0.1) is 0 Å². The Morgan fingerprint density at radius 1 is 1.11 bits per heavy atom. The number of aromatic nitrogens is 3. The summed E-state index contributed by atoms with van der Waals surface area (Å²) < 4.78 is 2.01. The van der Waals surface area contributed by atoms with Gasteiger partial charge in [0.15, 0.2) is 0 Å². The van der Waals surface area contributed by atoms with Crippen LogP contribution in [0.5, 0.6) is 0 Å². The molecule has 0 saturated carbocycles.